The molecule has 10 heteroatoms. The molecule has 0 fully saturated rings. The average molecular weight is 651 g/mol. The fourth-order valence-corrected chi connectivity index (χ4v) is 3.53. The fourth-order valence-electron chi connectivity index (χ4n) is 3.53. The molecule has 0 amide bonds. The molecular formula is C38H34O10. The van der Waals surface area contributed by atoms with E-state index < -0.39 is 35.8 Å². The summed E-state index contributed by atoms with van der Waals surface area (Å²) in [4.78, 5) is 65.9. The van der Waals surface area contributed by atoms with Gasteiger partial charge in [-0.25, -0.2) is 19.2 Å². The number of carboxylic acids is 2. The first kappa shape index (κ1) is 37.8. The third-order valence-corrected chi connectivity index (χ3v) is 5.86. The Morgan fingerprint density at radius 3 is 1.04 bits per heavy atom. The third-order valence-electron chi connectivity index (χ3n) is 5.86. The van der Waals surface area contributed by atoms with Crippen molar-refractivity contribution in [3.05, 3.63) is 156 Å². The maximum absolute atomic E-state index is 11.6. The summed E-state index contributed by atoms with van der Waals surface area (Å²) >= 11 is 0. The van der Waals surface area contributed by atoms with Gasteiger partial charge >= 0.3 is 35.8 Å². The van der Waals surface area contributed by atoms with E-state index in [1.807, 2.05) is 60.7 Å². The van der Waals surface area contributed by atoms with Crippen LogP contribution < -0.4 is 0 Å². The molecule has 0 saturated carbocycles. The minimum absolute atomic E-state index is 0.0628. The molecule has 246 valence electrons. The van der Waals surface area contributed by atoms with Crippen molar-refractivity contribution in [2.75, 3.05) is 0 Å². The topological polar surface area (TPSA) is 161 Å². The molecule has 4 aromatic rings. The average Bonchev–Trinajstić information content (AvgIpc) is 3.10. The van der Waals surface area contributed by atoms with Crippen molar-refractivity contribution < 1.29 is 48.5 Å². The number of hydrogen-bond acceptors (Lipinski definition) is 8. The molecule has 4 aromatic carbocycles. The number of carbonyl (C=O) groups is 6. The van der Waals surface area contributed by atoms with Crippen molar-refractivity contribution in [1.29, 1.82) is 0 Å². The molecule has 48 heavy (non-hydrogen) atoms. The largest absolute Gasteiger partial charge is 0.481 e. The van der Waals surface area contributed by atoms with Gasteiger partial charge in [0.2, 0.25) is 0 Å². The Balaban J connectivity index is 0.000000264. The van der Waals surface area contributed by atoms with Crippen molar-refractivity contribution >= 4 is 48.0 Å². The highest BCUT2D eigenvalue weighted by atomic mass is 16.6. The molecule has 0 aliphatic carbocycles. The second kappa shape index (κ2) is 22.1. The molecular weight excluding hydrogens is 616 g/mol. The molecule has 0 aliphatic rings. The molecule has 0 spiro atoms. The smallest absolute Gasteiger partial charge is 0.346 e. The van der Waals surface area contributed by atoms with E-state index in [2.05, 4.69) is 0 Å². The molecule has 0 radical (unpaired) electrons. The van der Waals surface area contributed by atoms with Gasteiger partial charge in [0.05, 0.1) is 11.1 Å². The van der Waals surface area contributed by atoms with Crippen LogP contribution in [0.15, 0.2) is 133 Å². The number of unbranched alkanes of at least 4 members (excludes halogenated alkanes) is 1. The number of carboxylic acid groups (broad SMARTS) is 2. The first-order valence-corrected chi connectivity index (χ1v) is 14.7. The highest BCUT2D eigenvalue weighted by Gasteiger charge is 2.10. The van der Waals surface area contributed by atoms with Gasteiger partial charge in [-0.1, -0.05) is 97.1 Å². The van der Waals surface area contributed by atoms with Crippen LogP contribution in [0, 0.1) is 0 Å². The molecule has 0 bridgehead atoms. The second-order valence-electron chi connectivity index (χ2n) is 9.63. The van der Waals surface area contributed by atoms with Crippen molar-refractivity contribution in [1.82, 2.24) is 0 Å². The molecule has 2 N–H and O–H groups in total. The molecule has 10 nitrogen and oxygen atoms in total. The highest BCUT2D eigenvalue weighted by molar-refractivity contribution is 6.02. The number of benzene rings is 4. The summed E-state index contributed by atoms with van der Waals surface area (Å²) in [5.74, 6) is -4.40. The maximum atomic E-state index is 11.6. The molecule has 0 unspecified atom stereocenters. The Morgan fingerprint density at radius 2 is 0.750 bits per heavy atom. The lowest BCUT2D eigenvalue weighted by molar-refractivity contribution is -0.139. The second-order valence-corrected chi connectivity index (χ2v) is 9.63. The molecule has 0 aromatic heterocycles. The Labute approximate surface area is 277 Å². The summed E-state index contributed by atoms with van der Waals surface area (Å²) in [5.41, 5.74) is 2.44. The molecule has 0 heterocycles. The highest BCUT2D eigenvalue weighted by Crippen LogP contribution is 2.06. The van der Waals surface area contributed by atoms with Gasteiger partial charge in [-0.05, 0) is 60.4 Å². The van der Waals surface area contributed by atoms with Gasteiger partial charge in [0.25, 0.3) is 0 Å². The summed E-state index contributed by atoms with van der Waals surface area (Å²) < 4.78 is 9.39. The number of rotatable bonds is 11. The Morgan fingerprint density at radius 1 is 0.458 bits per heavy atom. The Hall–Kier alpha value is -6.42. The number of esters is 4. The Bertz CT molecular complexity index is 1540. The van der Waals surface area contributed by atoms with E-state index in [0.717, 1.165) is 11.1 Å². The molecule has 4 rings (SSSR count). The Kier molecular flexibility index (Phi) is 17.4. The van der Waals surface area contributed by atoms with Crippen molar-refractivity contribution in [2.45, 2.75) is 25.7 Å². The zero-order valence-corrected chi connectivity index (χ0v) is 25.8. The van der Waals surface area contributed by atoms with E-state index in [0.29, 0.717) is 24.0 Å². The van der Waals surface area contributed by atoms with Gasteiger partial charge in [0.15, 0.2) is 0 Å². The third kappa shape index (κ3) is 17.2. The first-order chi connectivity index (χ1) is 23.1. The zero-order valence-electron chi connectivity index (χ0n) is 25.8. The van der Waals surface area contributed by atoms with Crippen molar-refractivity contribution in [3.8, 4) is 0 Å². The van der Waals surface area contributed by atoms with Gasteiger partial charge in [-0.15, -0.1) is 0 Å². The molecule has 0 aliphatic heterocycles. The predicted octanol–water partition coefficient (Wildman–Crippen LogP) is 6.88. The predicted molar refractivity (Wildman–Crippen MR) is 178 cm³/mol. The SMILES string of the molecule is O=C(/C=C/c1ccccc1)OC(=O)c1ccccc1.O=C(/C=C/c1ccccc1)OC(=O)c1ccccc1.O=C(O)CCCCC(=O)O. The quantitative estimate of drug-likeness (QED) is 0.0757. The van der Waals surface area contributed by atoms with Gasteiger partial charge in [-0.3, -0.25) is 9.59 Å². The molecule has 0 saturated heterocycles. The minimum atomic E-state index is -0.870. The van der Waals surface area contributed by atoms with Crippen LogP contribution in [0.3, 0.4) is 0 Å². The zero-order chi connectivity index (χ0) is 35.0. The van der Waals surface area contributed by atoms with Gasteiger partial charge in [0, 0.05) is 25.0 Å². The van der Waals surface area contributed by atoms with E-state index in [9.17, 15) is 28.8 Å². The van der Waals surface area contributed by atoms with Crippen LogP contribution >= 0.6 is 0 Å². The standard InChI is InChI=1S/2C16H12O3.C6H10O4/c2*17-15(12-11-13-7-3-1-4-8-13)19-16(18)14-9-5-2-6-10-14;7-5(8)3-1-2-4-6(9)10/h2*1-12H;1-4H2,(H,7,8)(H,9,10)/b2*12-11+;. The van der Waals surface area contributed by atoms with Crippen LogP contribution in [-0.2, 0) is 28.7 Å². The van der Waals surface area contributed by atoms with Crippen LogP contribution in [0.4, 0.5) is 0 Å². The lowest BCUT2D eigenvalue weighted by Gasteiger charge is -1.99. The number of aliphatic carboxylic acids is 2. The van der Waals surface area contributed by atoms with Crippen LogP contribution in [0.5, 0.6) is 0 Å². The maximum Gasteiger partial charge on any atom is 0.346 e. The lowest BCUT2D eigenvalue weighted by Crippen LogP contribution is -2.09. The normalized spacial score (nSPS) is 10.1. The van der Waals surface area contributed by atoms with Gasteiger partial charge in [-0.2, -0.15) is 0 Å². The number of ether oxygens (including phenoxy) is 2. The van der Waals surface area contributed by atoms with Crippen molar-refractivity contribution in [3.63, 3.8) is 0 Å². The number of hydrogen-bond donors (Lipinski definition) is 2. The van der Waals surface area contributed by atoms with Crippen LogP contribution in [0.2, 0.25) is 0 Å². The van der Waals surface area contributed by atoms with Crippen LogP contribution in [0.25, 0.3) is 12.2 Å². The first-order valence-electron chi connectivity index (χ1n) is 14.7. The van der Waals surface area contributed by atoms with E-state index in [-0.39, 0.29) is 12.8 Å². The van der Waals surface area contributed by atoms with E-state index in [1.54, 1.807) is 72.8 Å². The summed E-state index contributed by atoms with van der Waals surface area (Å²) in [6.07, 6.45) is 6.68. The summed E-state index contributed by atoms with van der Waals surface area (Å²) in [7, 11) is 0. The molecule has 0 atom stereocenters. The van der Waals surface area contributed by atoms with Crippen LogP contribution in [0.1, 0.15) is 57.5 Å². The monoisotopic (exact) mass is 650 g/mol. The summed E-state index contributed by atoms with van der Waals surface area (Å²) in [5, 5.41) is 16.3. The summed E-state index contributed by atoms with van der Waals surface area (Å²) in [6, 6.07) is 35.4. The fraction of sp³-hybridized carbons (Fsp3) is 0.105. The van der Waals surface area contributed by atoms with Gasteiger partial charge in [0.1, 0.15) is 0 Å². The van der Waals surface area contributed by atoms with Crippen LogP contribution in [-0.4, -0.2) is 46.0 Å². The van der Waals surface area contributed by atoms with E-state index in [4.69, 9.17) is 19.7 Å². The minimum Gasteiger partial charge on any atom is -0.481 e. The van der Waals surface area contributed by atoms with Gasteiger partial charge < -0.3 is 19.7 Å². The lowest BCUT2D eigenvalue weighted by atomic mass is 10.2. The number of carbonyl (C=O) groups excluding carboxylic acids is 4. The van der Waals surface area contributed by atoms with Crippen molar-refractivity contribution in [2.24, 2.45) is 0 Å². The van der Waals surface area contributed by atoms with E-state index >= 15 is 0 Å². The van der Waals surface area contributed by atoms with E-state index in [1.165, 1.54) is 12.2 Å². The summed E-state index contributed by atoms with van der Waals surface area (Å²) in [6.45, 7) is 0.